The van der Waals surface area contributed by atoms with E-state index in [2.05, 4.69) is 84.5 Å². The predicted octanol–water partition coefficient (Wildman–Crippen LogP) is 5.88. The van der Waals surface area contributed by atoms with Crippen LogP contribution in [0.4, 0.5) is 5.69 Å². The van der Waals surface area contributed by atoms with E-state index in [-0.39, 0.29) is 0 Å². The zero-order valence-electron chi connectivity index (χ0n) is 12.4. The molecule has 0 saturated heterocycles. The summed E-state index contributed by atoms with van der Waals surface area (Å²) in [6, 6.07) is 15.5. The largest absolute Gasteiger partial charge is 0.378 e. The number of rotatable bonds is 5. The number of nitrogens with one attached hydrogen (secondary N) is 1. The lowest BCUT2D eigenvalue weighted by Gasteiger charge is -2.22. The fourth-order valence-corrected chi connectivity index (χ4v) is 2.78. The summed E-state index contributed by atoms with van der Waals surface area (Å²) in [6.45, 7) is 6.61. The lowest BCUT2D eigenvalue weighted by atomic mass is 10.0. The topological polar surface area (TPSA) is 12.0 Å². The summed E-state index contributed by atoms with van der Waals surface area (Å²) < 4.78 is 1.13. The minimum Gasteiger partial charge on any atom is -0.378 e. The molecule has 0 radical (unpaired) electrons. The summed E-state index contributed by atoms with van der Waals surface area (Å²) in [5, 5.41) is 3.74. The van der Waals surface area contributed by atoms with Crippen molar-refractivity contribution in [1.82, 2.24) is 0 Å². The highest BCUT2D eigenvalue weighted by Gasteiger charge is 2.12. The van der Waals surface area contributed by atoms with Crippen molar-refractivity contribution in [3.8, 4) is 0 Å². The van der Waals surface area contributed by atoms with E-state index in [1.54, 1.807) is 0 Å². The number of aryl methyl sites for hydroxylation is 2. The van der Waals surface area contributed by atoms with Gasteiger partial charge in [-0.3, -0.25) is 0 Å². The van der Waals surface area contributed by atoms with Crippen molar-refractivity contribution in [3.63, 3.8) is 0 Å². The van der Waals surface area contributed by atoms with Gasteiger partial charge in [-0.1, -0.05) is 60.1 Å². The molecular formula is C18H22BrN. The molecule has 2 rings (SSSR count). The van der Waals surface area contributed by atoms with Gasteiger partial charge >= 0.3 is 0 Å². The molecule has 1 N–H and O–H groups in total. The maximum Gasteiger partial charge on any atom is 0.0511 e. The van der Waals surface area contributed by atoms with E-state index in [9.17, 15) is 0 Å². The normalized spacial score (nSPS) is 12.2. The van der Waals surface area contributed by atoms with Crippen LogP contribution in [0.25, 0.3) is 0 Å². The van der Waals surface area contributed by atoms with Gasteiger partial charge in [-0.05, 0) is 48.6 Å². The molecule has 2 heteroatoms. The van der Waals surface area contributed by atoms with Gasteiger partial charge in [-0.25, -0.2) is 0 Å². The number of halogens is 1. The second-order valence-electron chi connectivity index (χ2n) is 5.12. The first kappa shape index (κ1) is 15.1. The number of para-hydroxylation sites is 1. The Kier molecular flexibility index (Phi) is 5.24. The first-order chi connectivity index (χ1) is 9.65. The molecule has 2 aromatic rings. The van der Waals surface area contributed by atoms with Crippen molar-refractivity contribution in [2.24, 2.45) is 0 Å². The molecule has 20 heavy (non-hydrogen) atoms. The Morgan fingerprint density at radius 1 is 1.05 bits per heavy atom. The Bertz CT molecular complexity index is 560. The first-order valence-corrected chi connectivity index (χ1v) is 8.05. The summed E-state index contributed by atoms with van der Waals surface area (Å²) in [4.78, 5) is 0. The first-order valence-electron chi connectivity index (χ1n) is 7.26. The van der Waals surface area contributed by atoms with Crippen LogP contribution < -0.4 is 5.32 Å². The zero-order valence-corrected chi connectivity index (χ0v) is 14.0. The Labute approximate surface area is 130 Å². The molecule has 0 fully saturated rings. The molecule has 0 heterocycles. The third-order valence-electron chi connectivity index (χ3n) is 3.74. The van der Waals surface area contributed by atoms with Gasteiger partial charge in [0.15, 0.2) is 0 Å². The average molecular weight is 332 g/mol. The highest BCUT2D eigenvalue weighted by molar-refractivity contribution is 9.10. The third kappa shape index (κ3) is 3.43. The molecule has 0 spiro atoms. The fraction of sp³-hybridized carbons (Fsp3) is 0.333. The van der Waals surface area contributed by atoms with E-state index >= 15 is 0 Å². The number of hydrogen-bond acceptors (Lipinski definition) is 1. The Morgan fingerprint density at radius 3 is 2.35 bits per heavy atom. The van der Waals surface area contributed by atoms with Crippen molar-refractivity contribution < 1.29 is 0 Å². The molecule has 0 aliphatic carbocycles. The highest BCUT2D eigenvalue weighted by atomic mass is 79.9. The van der Waals surface area contributed by atoms with Gasteiger partial charge < -0.3 is 5.32 Å². The van der Waals surface area contributed by atoms with Crippen molar-refractivity contribution >= 4 is 21.6 Å². The fourth-order valence-electron chi connectivity index (χ4n) is 2.52. The SMILES string of the molecule is CCc1cccc(C)c1NC(CC)c1ccc(Br)cc1. The molecule has 1 nitrogen and oxygen atoms in total. The molecule has 0 aliphatic rings. The van der Waals surface area contributed by atoms with Gasteiger partial charge in [0.2, 0.25) is 0 Å². The van der Waals surface area contributed by atoms with E-state index in [0.29, 0.717) is 6.04 Å². The third-order valence-corrected chi connectivity index (χ3v) is 4.27. The summed E-state index contributed by atoms with van der Waals surface area (Å²) in [5.74, 6) is 0. The van der Waals surface area contributed by atoms with Gasteiger partial charge in [0.05, 0.1) is 6.04 Å². The van der Waals surface area contributed by atoms with Gasteiger partial charge in [-0.15, -0.1) is 0 Å². The van der Waals surface area contributed by atoms with E-state index in [1.165, 1.54) is 22.4 Å². The van der Waals surface area contributed by atoms with Crippen molar-refractivity contribution in [3.05, 3.63) is 63.6 Å². The molecular weight excluding hydrogens is 310 g/mol. The molecule has 0 amide bonds. The predicted molar refractivity (Wildman–Crippen MR) is 91.4 cm³/mol. The molecule has 0 aromatic heterocycles. The molecule has 0 aliphatic heterocycles. The maximum atomic E-state index is 3.74. The smallest absolute Gasteiger partial charge is 0.0511 e. The summed E-state index contributed by atoms with van der Waals surface area (Å²) in [6.07, 6.45) is 2.12. The van der Waals surface area contributed by atoms with E-state index in [4.69, 9.17) is 0 Å². The van der Waals surface area contributed by atoms with Gasteiger partial charge in [0.25, 0.3) is 0 Å². The zero-order chi connectivity index (χ0) is 14.5. The summed E-state index contributed by atoms with van der Waals surface area (Å²) in [7, 11) is 0. The number of benzene rings is 2. The Morgan fingerprint density at radius 2 is 1.75 bits per heavy atom. The number of anilines is 1. The van der Waals surface area contributed by atoms with Crippen LogP contribution in [0.1, 0.15) is 43.0 Å². The van der Waals surface area contributed by atoms with Crippen LogP contribution >= 0.6 is 15.9 Å². The van der Waals surface area contributed by atoms with Gasteiger partial charge in [0.1, 0.15) is 0 Å². The standard InChI is InChI=1S/C18H22BrN/c1-4-14-8-6-7-13(3)18(14)20-17(5-2)15-9-11-16(19)12-10-15/h6-12,17,20H,4-5H2,1-3H3. The Hall–Kier alpha value is -1.28. The van der Waals surface area contributed by atoms with Crippen LogP contribution in [0.5, 0.6) is 0 Å². The van der Waals surface area contributed by atoms with Crippen molar-refractivity contribution in [2.75, 3.05) is 5.32 Å². The highest BCUT2D eigenvalue weighted by Crippen LogP contribution is 2.28. The lowest BCUT2D eigenvalue weighted by Crippen LogP contribution is -2.12. The Balaban J connectivity index is 2.29. The van der Waals surface area contributed by atoms with Crippen LogP contribution in [0.15, 0.2) is 46.9 Å². The second-order valence-corrected chi connectivity index (χ2v) is 6.03. The monoisotopic (exact) mass is 331 g/mol. The molecule has 1 atom stereocenters. The molecule has 0 bridgehead atoms. The molecule has 106 valence electrons. The van der Waals surface area contributed by atoms with E-state index < -0.39 is 0 Å². The van der Waals surface area contributed by atoms with Gasteiger partial charge in [0, 0.05) is 10.2 Å². The van der Waals surface area contributed by atoms with Crippen LogP contribution in [0.2, 0.25) is 0 Å². The molecule has 0 saturated carbocycles. The quantitative estimate of drug-likeness (QED) is 0.720. The minimum atomic E-state index is 0.356. The summed E-state index contributed by atoms with van der Waals surface area (Å²) in [5.41, 5.74) is 5.34. The maximum absolute atomic E-state index is 3.74. The average Bonchev–Trinajstić information content (AvgIpc) is 2.47. The van der Waals surface area contributed by atoms with E-state index in [1.807, 2.05) is 0 Å². The number of hydrogen-bond donors (Lipinski definition) is 1. The van der Waals surface area contributed by atoms with Crippen LogP contribution in [-0.4, -0.2) is 0 Å². The lowest BCUT2D eigenvalue weighted by molar-refractivity contribution is 0.746. The summed E-state index contributed by atoms with van der Waals surface area (Å²) >= 11 is 3.50. The van der Waals surface area contributed by atoms with Crippen molar-refractivity contribution in [2.45, 2.75) is 39.7 Å². The molecule has 2 aromatic carbocycles. The minimum absolute atomic E-state index is 0.356. The van der Waals surface area contributed by atoms with Gasteiger partial charge in [-0.2, -0.15) is 0 Å². The van der Waals surface area contributed by atoms with E-state index in [0.717, 1.165) is 17.3 Å². The molecule has 1 unspecified atom stereocenters. The van der Waals surface area contributed by atoms with Crippen LogP contribution in [0.3, 0.4) is 0 Å². The van der Waals surface area contributed by atoms with Crippen LogP contribution in [-0.2, 0) is 6.42 Å². The van der Waals surface area contributed by atoms with Crippen molar-refractivity contribution in [1.29, 1.82) is 0 Å². The van der Waals surface area contributed by atoms with Crippen LogP contribution in [0, 0.1) is 6.92 Å². The second kappa shape index (κ2) is 6.94.